The molecule has 0 spiro atoms. The lowest BCUT2D eigenvalue weighted by molar-refractivity contribution is -0.110. The molecule has 0 fully saturated rings. The summed E-state index contributed by atoms with van der Waals surface area (Å²) < 4.78 is 1.92. The molecule has 1 heterocycles. The molecular formula is C11H12N2O. The van der Waals surface area contributed by atoms with Crippen LogP contribution in [0.2, 0.25) is 0 Å². The van der Waals surface area contributed by atoms with Gasteiger partial charge in [0.1, 0.15) is 6.29 Å². The molecule has 3 heteroatoms. The van der Waals surface area contributed by atoms with E-state index >= 15 is 0 Å². The number of benzene rings is 1. The molecule has 2 N–H and O–H groups in total. The summed E-state index contributed by atoms with van der Waals surface area (Å²) in [6.07, 6.45) is 2.83. The van der Waals surface area contributed by atoms with Gasteiger partial charge in [0.05, 0.1) is 11.6 Å². The third-order valence-corrected chi connectivity index (χ3v) is 2.38. The smallest absolute Gasteiger partial charge is 0.142 e. The van der Waals surface area contributed by atoms with Crippen LogP contribution in [0, 0.1) is 0 Å². The second-order valence-corrected chi connectivity index (χ2v) is 3.42. The third kappa shape index (κ3) is 1.27. The van der Waals surface area contributed by atoms with Crippen LogP contribution in [-0.4, -0.2) is 10.9 Å². The zero-order chi connectivity index (χ0) is 10.1. The van der Waals surface area contributed by atoms with E-state index in [1.54, 1.807) is 0 Å². The monoisotopic (exact) mass is 188 g/mol. The second kappa shape index (κ2) is 3.18. The Hall–Kier alpha value is -1.77. The van der Waals surface area contributed by atoms with Gasteiger partial charge >= 0.3 is 0 Å². The van der Waals surface area contributed by atoms with Gasteiger partial charge in [0.2, 0.25) is 0 Å². The number of hydrogen-bond acceptors (Lipinski definition) is 2. The van der Waals surface area contributed by atoms with Crippen molar-refractivity contribution in [3.63, 3.8) is 0 Å². The summed E-state index contributed by atoms with van der Waals surface area (Å²) in [7, 11) is 0. The van der Waals surface area contributed by atoms with Gasteiger partial charge in [-0.15, -0.1) is 0 Å². The van der Waals surface area contributed by atoms with E-state index in [0.717, 1.165) is 22.9 Å². The number of carbonyl (C=O) groups excluding carboxylic acids is 1. The minimum atomic E-state index is -0.144. The predicted octanol–water partition coefficient (Wildman–Crippen LogP) is 1.98. The average Bonchev–Trinajstić information content (AvgIpc) is 2.59. The Kier molecular flexibility index (Phi) is 2.00. The van der Waals surface area contributed by atoms with Crippen molar-refractivity contribution in [2.45, 2.75) is 13.0 Å². The summed E-state index contributed by atoms with van der Waals surface area (Å²) >= 11 is 0. The highest BCUT2D eigenvalue weighted by molar-refractivity contribution is 5.84. The molecule has 1 aromatic carbocycles. The second-order valence-electron chi connectivity index (χ2n) is 3.42. The van der Waals surface area contributed by atoms with E-state index < -0.39 is 0 Å². The SMILES string of the molecule is CC(C=O)n1ccc2ccc(N)cc21. The number of hydrogen-bond donors (Lipinski definition) is 1. The van der Waals surface area contributed by atoms with Gasteiger partial charge in [0, 0.05) is 11.9 Å². The van der Waals surface area contributed by atoms with Crippen LogP contribution in [0.25, 0.3) is 10.9 Å². The molecule has 0 radical (unpaired) electrons. The van der Waals surface area contributed by atoms with Gasteiger partial charge in [-0.1, -0.05) is 6.07 Å². The van der Waals surface area contributed by atoms with Crippen LogP contribution in [0.15, 0.2) is 30.5 Å². The quantitative estimate of drug-likeness (QED) is 0.578. The standard InChI is InChI=1S/C11H12N2O/c1-8(7-14)13-5-4-9-2-3-10(12)6-11(9)13/h2-8H,12H2,1H3. The predicted molar refractivity (Wildman–Crippen MR) is 57.1 cm³/mol. The lowest BCUT2D eigenvalue weighted by Gasteiger charge is -2.08. The summed E-state index contributed by atoms with van der Waals surface area (Å²) in [5, 5.41) is 1.10. The van der Waals surface area contributed by atoms with Gasteiger partial charge < -0.3 is 15.1 Å². The van der Waals surface area contributed by atoms with E-state index in [9.17, 15) is 4.79 Å². The number of fused-ring (bicyclic) bond motifs is 1. The van der Waals surface area contributed by atoms with E-state index in [1.807, 2.05) is 42.0 Å². The number of nitrogens with two attached hydrogens (primary N) is 1. The fourth-order valence-corrected chi connectivity index (χ4v) is 1.59. The highest BCUT2D eigenvalue weighted by atomic mass is 16.1. The van der Waals surface area contributed by atoms with Gasteiger partial charge in [0.25, 0.3) is 0 Å². The van der Waals surface area contributed by atoms with Crippen molar-refractivity contribution in [2.75, 3.05) is 5.73 Å². The van der Waals surface area contributed by atoms with E-state index in [0.29, 0.717) is 0 Å². The summed E-state index contributed by atoms with van der Waals surface area (Å²) in [5.41, 5.74) is 7.41. The van der Waals surface area contributed by atoms with Crippen LogP contribution in [0.3, 0.4) is 0 Å². The zero-order valence-corrected chi connectivity index (χ0v) is 7.97. The summed E-state index contributed by atoms with van der Waals surface area (Å²) in [6.45, 7) is 1.86. The van der Waals surface area contributed by atoms with Gasteiger partial charge in [-0.25, -0.2) is 0 Å². The summed E-state index contributed by atoms with van der Waals surface area (Å²) in [4.78, 5) is 10.7. The Morgan fingerprint density at radius 2 is 2.21 bits per heavy atom. The number of carbonyl (C=O) groups is 1. The zero-order valence-electron chi connectivity index (χ0n) is 7.97. The number of aldehydes is 1. The Labute approximate surface area is 82.1 Å². The normalized spacial score (nSPS) is 12.9. The van der Waals surface area contributed by atoms with Crippen LogP contribution >= 0.6 is 0 Å². The largest absolute Gasteiger partial charge is 0.399 e. The van der Waals surface area contributed by atoms with Crippen molar-refractivity contribution >= 4 is 22.9 Å². The first-order chi connectivity index (χ1) is 6.72. The lowest BCUT2D eigenvalue weighted by atomic mass is 10.2. The maximum Gasteiger partial charge on any atom is 0.142 e. The molecule has 0 amide bonds. The maximum absolute atomic E-state index is 10.7. The number of aromatic nitrogens is 1. The van der Waals surface area contributed by atoms with Crippen LogP contribution in [0.1, 0.15) is 13.0 Å². The van der Waals surface area contributed by atoms with Gasteiger partial charge in [0.15, 0.2) is 0 Å². The topological polar surface area (TPSA) is 48.0 Å². The highest BCUT2D eigenvalue weighted by Gasteiger charge is 2.06. The number of nitrogens with zero attached hydrogens (tertiary/aromatic N) is 1. The number of rotatable bonds is 2. The van der Waals surface area contributed by atoms with Crippen molar-refractivity contribution in [1.82, 2.24) is 4.57 Å². The first-order valence-electron chi connectivity index (χ1n) is 4.54. The first-order valence-corrected chi connectivity index (χ1v) is 4.54. The molecule has 1 atom stereocenters. The number of anilines is 1. The van der Waals surface area contributed by atoms with Crippen LogP contribution in [0.5, 0.6) is 0 Å². The molecule has 2 rings (SSSR count). The van der Waals surface area contributed by atoms with E-state index in [-0.39, 0.29) is 6.04 Å². The molecule has 14 heavy (non-hydrogen) atoms. The summed E-state index contributed by atoms with van der Waals surface area (Å²) in [6, 6.07) is 7.54. The molecule has 3 nitrogen and oxygen atoms in total. The van der Waals surface area contributed by atoms with Gasteiger partial charge in [-0.2, -0.15) is 0 Å². The van der Waals surface area contributed by atoms with Gasteiger partial charge in [-0.3, -0.25) is 0 Å². The van der Waals surface area contributed by atoms with Crippen LogP contribution in [0.4, 0.5) is 5.69 Å². The van der Waals surface area contributed by atoms with Crippen LogP contribution in [-0.2, 0) is 4.79 Å². The summed E-state index contributed by atoms with van der Waals surface area (Å²) in [5.74, 6) is 0. The van der Waals surface area contributed by atoms with Crippen molar-refractivity contribution in [2.24, 2.45) is 0 Å². The van der Waals surface area contributed by atoms with Gasteiger partial charge in [-0.05, 0) is 30.5 Å². The molecule has 0 aliphatic heterocycles. The molecule has 2 aromatic rings. The van der Waals surface area contributed by atoms with Crippen molar-refractivity contribution in [1.29, 1.82) is 0 Å². The lowest BCUT2D eigenvalue weighted by Crippen LogP contribution is -2.04. The fourth-order valence-electron chi connectivity index (χ4n) is 1.59. The Balaban J connectivity index is 2.66. The third-order valence-electron chi connectivity index (χ3n) is 2.38. The molecule has 1 unspecified atom stereocenters. The molecule has 0 saturated carbocycles. The maximum atomic E-state index is 10.7. The highest BCUT2D eigenvalue weighted by Crippen LogP contribution is 2.21. The molecule has 1 aromatic heterocycles. The van der Waals surface area contributed by atoms with Crippen molar-refractivity contribution in [3.05, 3.63) is 30.5 Å². The van der Waals surface area contributed by atoms with E-state index in [4.69, 9.17) is 5.73 Å². The van der Waals surface area contributed by atoms with Crippen LogP contribution < -0.4 is 5.73 Å². The van der Waals surface area contributed by atoms with E-state index in [2.05, 4.69) is 0 Å². The average molecular weight is 188 g/mol. The Morgan fingerprint density at radius 1 is 1.43 bits per heavy atom. The van der Waals surface area contributed by atoms with E-state index in [1.165, 1.54) is 0 Å². The molecular weight excluding hydrogens is 176 g/mol. The molecule has 0 aliphatic carbocycles. The molecule has 0 aliphatic rings. The minimum absolute atomic E-state index is 0.144. The first kappa shape index (κ1) is 8.81. The fraction of sp³-hybridized carbons (Fsp3) is 0.182. The molecule has 72 valence electrons. The van der Waals surface area contributed by atoms with Crippen molar-refractivity contribution in [3.8, 4) is 0 Å². The number of nitrogen functional groups attached to an aromatic ring is 1. The van der Waals surface area contributed by atoms with Crippen molar-refractivity contribution < 1.29 is 4.79 Å². The minimum Gasteiger partial charge on any atom is -0.399 e. The molecule has 0 bridgehead atoms. The molecule has 0 saturated heterocycles. The Bertz CT molecular complexity index is 473. The Morgan fingerprint density at radius 3 is 2.93 bits per heavy atom.